The fourth-order valence-corrected chi connectivity index (χ4v) is 7.12. The molecule has 0 aromatic heterocycles. The van der Waals surface area contributed by atoms with Crippen LogP contribution in [0.25, 0.3) is 29.0 Å². The maximum absolute atomic E-state index is 13.8. The van der Waals surface area contributed by atoms with Crippen LogP contribution in [0.3, 0.4) is 0 Å². The molecule has 0 atom stereocenters. The van der Waals surface area contributed by atoms with E-state index >= 15 is 0 Å². The molecule has 10 heteroatoms. The first-order valence-electron chi connectivity index (χ1n) is 20.2. The monoisotopic (exact) mass is 779 g/mol. The summed E-state index contributed by atoms with van der Waals surface area (Å²) in [4.78, 5) is 40.6. The Hall–Kier alpha value is -5.25. The quantitative estimate of drug-likeness (QED) is 0.104. The molecular weight excluding hydrogens is 719 g/mol. The van der Waals surface area contributed by atoms with Crippen molar-refractivity contribution in [1.29, 1.82) is 0 Å². The van der Waals surface area contributed by atoms with Crippen molar-refractivity contribution in [2.75, 3.05) is 20.2 Å². The minimum Gasteiger partial charge on any atom is -0.497 e. The summed E-state index contributed by atoms with van der Waals surface area (Å²) in [6.45, 7) is 14.5. The van der Waals surface area contributed by atoms with Gasteiger partial charge in [0.2, 0.25) is 0 Å². The van der Waals surface area contributed by atoms with Crippen LogP contribution in [-0.2, 0) is 27.2 Å². The van der Waals surface area contributed by atoms with E-state index in [-0.39, 0.29) is 6.61 Å². The lowest BCUT2D eigenvalue weighted by Gasteiger charge is -2.31. The van der Waals surface area contributed by atoms with Gasteiger partial charge in [-0.2, -0.15) is 0 Å². The topological polar surface area (TPSA) is 115 Å². The molecule has 0 radical (unpaired) electrons. The van der Waals surface area contributed by atoms with E-state index in [4.69, 9.17) is 18.9 Å². The number of benzene rings is 3. The number of hydrogen-bond acceptors (Lipinski definition) is 7. The molecule has 3 aromatic rings. The first-order chi connectivity index (χ1) is 27.0. The highest BCUT2D eigenvalue weighted by atomic mass is 16.6. The molecule has 2 N–H and O–H groups in total. The number of carbonyl (C=O) groups excluding carboxylic acids is 3. The van der Waals surface area contributed by atoms with Crippen molar-refractivity contribution in [2.45, 2.75) is 123 Å². The Morgan fingerprint density at radius 3 is 2.14 bits per heavy atom. The molecule has 57 heavy (non-hydrogen) atoms. The largest absolute Gasteiger partial charge is 0.497 e. The Bertz CT molecular complexity index is 2090. The van der Waals surface area contributed by atoms with E-state index < -0.39 is 35.0 Å². The number of nitrogens with one attached hydrogen (secondary N) is 2. The Labute approximate surface area is 338 Å². The standard InChI is InChI=1S/C47H61N3O7/c1-45(2,3)57-43(52)49-47(6,7)28-30-50(29-13-11-9-10-12-27-46(4,5)48-42(51)55-32-33-17-21-36(54-8)22-18-33)44(53)56-37-23-26-39-35(31-37)20-25-40-38-16-14-15-34(38)19-24-41(39)40/h14-25,31H,9-13,26-30,32H2,1-8H3,(H,48,51)(H,49,52). The third-order valence-electron chi connectivity index (χ3n) is 10.3. The fraction of sp³-hybridized carbons (Fsp3) is 0.468. The van der Waals surface area contributed by atoms with Crippen LogP contribution in [0, 0.1) is 0 Å². The van der Waals surface area contributed by atoms with Gasteiger partial charge in [0.15, 0.2) is 0 Å². The second kappa shape index (κ2) is 18.8. The summed E-state index contributed by atoms with van der Waals surface area (Å²) < 4.78 is 22.2. The van der Waals surface area contributed by atoms with E-state index in [1.165, 1.54) is 27.1 Å². The van der Waals surface area contributed by atoms with Gasteiger partial charge in [-0.1, -0.05) is 80.3 Å². The summed E-state index contributed by atoms with van der Waals surface area (Å²) in [6.07, 6.45) is 15.7. The number of rotatable bonds is 17. The number of nitrogens with zero attached hydrogens (tertiary/aromatic N) is 1. The molecule has 0 unspecified atom stereocenters. The number of hydrogen-bond donors (Lipinski definition) is 2. The summed E-state index contributed by atoms with van der Waals surface area (Å²) in [6, 6.07) is 16.0. The van der Waals surface area contributed by atoms with Crippen LogP contribution >= 0.6 is 0 Å². The molecule has 2 aliphatic rings. The van der Waals surface area contributed by atoms with Gasteiger partial charge in [0.1, 0.15) is 23.7 Å². The zero-order valence-corrected chi connectivity index (χ0v) is 35.1. The van der Waals surface area contributed by atoms with Crippen molar-refractivity contribution in [2.24, 2.45) is 0 Å². The van der Waals surface area contributed by atoms with Crippen LogP contribution in [0.4, 0.5) is 14.4 Å². The molecule has 5 rings (SSSR count). The van der Waals surface area contributed by atoms with Crippen molar-refractivity contribution in [3.8, 4) is 5.75 Å². The second-order valence-electron chi connectivity index (χ2n) is 17.3. The average molecular weight is 780 g/mol. The minimum atomic E-state index is -0.618. The van der Waals surface area contributed by atoms with Gasteiger partial charge in [-0.25, -0.2) is 14.4 Å². The van der Waals surface area contributed by atoms with Crippen LogP contribution in [0.5, 0.6) is 5.75 Å². The smallest absolute Gasteiger partial charge is 0.415 e. The van der Waals surface area contributed by atoms with Crippen LogP contribution < -0.4 is 25.8 Å². The van der Waals surface area contributed by atoms with Gasteiger partial charge >= 0.3 is 18.3 Å². The highest BCUT2D eigenvalue weighted by molar-refractivity contribution is 5.96. The zero-order valence-electron chi connectivity index (χ0n) is 35.1. The van der Waals surface area contributed by atoms with Gasteiger partial charge in [0, 0.05) is 24.2 Å². The van der Waals surface area contributed by atoms with Crippen molar-refractivity contribution in [3.63, 3.8) is 0 Å². The van der Waals surface area contributed by atoms with Crippen LogP contribution in [0.2, 0.25) is 0 Å². The minimum absolute atomic E-state index is 0.189. The Morgan fingerprint density at radius 2 is 1.40 bits per heavy atom. The van der Waals surface area contributed by atoms with Crippen LogP contribution in [0.1, 0.15) is 110 Å². The molecule has 0 bridgehead atoms. The molecule has 2 aliphatic carbocycles. The van der Waals surface area contributed by atoms with Gasteiger partial charge in [-0.05, 0) is 136 Å². The summed E-state index contributed by atoms with van der Waals surface area (Å²) in [5, 5.41) is 10.7. The van der Waals surface area contributed by atoms with E-state index in [2.05, 4.69) is 53.1 Å². The summed E-state index contributed by atoms with van der Waals surface area (Å²) >= 11 is 0. The number of unbranched alkanes of at least 4 members (excludes halogenated alkanes) is 4. The molecule has 0 aliphatic heterocycles. The molecule has 0 heterocycles. The van der Waals surface area contributed by atoms with E-state index in [0.717, 1.165) is 55.1 Å². The van der Waals surface area contributed by atoms with E-state index in [0.29, 0.717) is 31.7 Å². The molecule has 3 amide bonds. The third kappa shape index (κ3) is 12.9. The highest BCUT2D eigenvalue weighted by Gasteiger charge is 2.27. The number of fused-ring (bicyclic) bond motifs is 5. The number of methoxy groups -OCH3 is 1. The highest BCUT2D eigenvalue weighted by Crippen LogP contribution is 2.24. The van der Waals surface area contributed by atoms with Crippen LogP contribution in [-0.4, -0.2) is 60.1 Å². The Balaban J connectivity index is 1.12. The average Bonchev–Trinajstić information content (AvgIpc) is 3.63. The van der Waals surface area contributed by atoms with E-state index in [1.54, 1.807) is 12.0 Å². The number of carbonyl (C=O) groups is 3. The van der Waals surface area contributed by atoms with Crippen molar-refractivity contribution in [3.05, 3.63) is 93.6 Å². The summed E-state index contributed by atoms with van der Waals surface area (Å²) in [5.41, 5.74) is 1.72. The molecule has 0 saturated heterocycles. The number of allylic oxidation sites excluding steroid dienone is 3. The first kappa shape index (κ1) is 42.9. The fourth-order valence-electron chi connectivity index (χ4n) is 7.12. The van der Waals surface area contributed by atoms with Crippen molar-refractivity contribution < 1.29 is 33.3 Å². The van der Waals surface area contributed by atoms with Crippen molar-refractivity contribution >= 4 is 47.3 Å². The van der Waals surface area contributed by atoms with Gasteiger partial charge in [0.05, 0.1) is 7.11 Å². The predicted octanol–water partition coefficient (Wildman–Crippen LogP) is 9.05. The molecule has 3 aromatic carbocycles. The normalized spacial score (nSPS) is 13.4. The predicted molar refractivity (Wildman–Crippen MR) is 227 cm³/mol. The molecule has 306 valence electrons. The van der Waals surface area contributed by atoms with Gasteiger partial charge in [-0.15, -0.1) is 0 Å². The van der Waals surface area contributed by atoms with Gasteiger partial charge < -0.3 is 34.5 Å². The maximum Gasteiger partial charge on any atom is 0.415 e. The van der Waals surface area contributed by atoms with E-state index in [9.17, 15) is 14.4 Å². The van der Waals surface area contributed by atoms with Crippen molar-refractivity contribution in [1.82, 2.24) is 15.5 Å². The Kier molecular flexibility index (Phi) is 14.1. The van der Waals surface area contributed by atoms with Gasteiger partial charge in [-0.3, -0.25) is 0 Å². The lowest BCUT2D eigenvalue weighted by atomic mass is 9.94. The lowest BCUT2D eigenvalue weighted by Crippen LogP contribution is -2.48. The molecule has 10 nitrogen and oxygen atoms in total. The van der Waals surface area contributed by atoms with E-state index in [1.807, 2.05) is 84.9 Å². The SMILES string of the molecule is COc1ccc(COC(=O)NC(C)(C)CCCCCCCN(CCC(C)(C)NC(=O)OC(C)(C)C)C(=O)OC2=CCc3c(ccc4c5c(ccc34)=CC=C5)=C2)cc1. The summed E-state index contributed by atoms with van der Waals surface area (Å²) in [7, 11) is 1.61. The number of amides is 3. The first-order valence-corrected chi connectivity index (χ1v) is 20.2. The van der Waals surface area contributed by atoms with Gasteiger partial charge in [0.25, 0.3) is 0 Å². The third-order valence-corrected chi connectivity index (χ3v) is 10.3. The number of alkyl carbamates (subject to hydrolysis) is 2. The number of ether oxygens (including phenoxy) is 4. The lowest BCUT2D eigenvalue weighted by molar-refractivity contribution is 0.0462. The second-order valence-corrected chi connectivity index (χ2v) is 17.3. The molecule has 0 saturated carbocycles. The maximum atomic E-state index is 13.8. The zero-order chi connectivity index (χ0) is 41.2. The molecule has 0 fully saturated rings. The van der Waals surface area contributed by atoms with Crippen LogP contribution in [0.15, 0.2) is 66.4 Å². The molecule has 0 spiro atoms. The summed E-state index contributed by atoms with van der Waals surface area (Å²) in [5.74, 6) is 1.29. The molecular formula is C47H61N3O7. The Morgan fingerprint density at radius 1 is 0.737 bits per heavy atom.